The third kappa shape index (κ3) is 8.13. The lowest BCUT2D eigenvalue weighted by Crippen LogP contribution is -2.38. The van der Waals surface area contributed by atoms with Crippen LogP contribution in [0.4, 0.5) is 5.69 Å². The Morgan fingerprint density at radius 2 is 1.55 bits per heavy atom. The van der Waals surface area contributed by atoms with Crippen molar-refractivity contribution in [3.8, 4) is 0 Å². The number of benzene rings is 2. The molecule has 1 saturated heterocycles. The number of ether oxygens (including phenoxy) is 1. The number of nitrogens with one attached hydrogen (secondary N) is 2. The number of carbonyl (C=O) groups is 2. The van der Waals surface area contributed by atoms with Gasteiger partial charge in [0, 0.05) is 31.9 Å². The summed E-state index contributed by atoms with van der Waals surface area (Å²) in [6, 6.07) is 15.9. The summed E-state index contributed by atoms with van der Waals surface area (Å²) in [6.07, 6.45) is 0. The predicted molar refractivity (Wildman–Crippen MR) is 122 cm³/mol. The molecule has 2 amide bonds. The van der Waals surface area contributed by atoms with E-state index in [0.717, 1.165) is 49.7 Å². The SMILES string of the molecule is Cc1ccc(NC(=O)CN(C)CC(=O)NCc2ccc(CN3CCOCC3)cc2)cc1. The molecule has 0 spiro atoms. The highest BCUT2D eigenvalue weighted by Gasteiger charge is 2.12. The quantitative estimate of drug-likeness (QED) is 0.644. The first kappa shape index (κ1) is 22.9. The van der Waals surface area contributed by atoms with Gasteiger partial charge in [0.15, 0.2) is 0 Å². The third-order valence-corrected chi connectivity index (χ3v) is 5.18. The molecular formula is C24H32N4O3. The molecule has 7 heteroatoms. The monoisotopic (exact) mass is 424 g/mol. The number of anilines is 1. The standard InChI is InChI=1S/C24H32N4O3/c1-19-3-9-22(10-4-19)26-24(30)18-27(2)17-23(29)25-15-20-5-7-21(8-6-20)16-28-11-13-31-14-12-28/h3-10H,11-18H2,1-2H3,(H,25,29)(H,26,30). The van der Waals surface area contributed by atoms with E-state index in [2.05, 4.69) is 39.8 Å². The van der Waals surface area contributed by atoms with Crippen molar-refractivity contribution in [3.63, 3.8) is 0 Å². The summed E-state index contributed by atoms with van der Waals surface area (Å²) < 4.78 is 5.38. The van der Waals surface area contributed by atoms with Gasteiger partial charge in [0.2, 0.25) is 11.8 Å². The molecule has 166 valence electrons. The van der Waals surface area contributed by atoms with Gasteiger partial charge in [-0.25, -0.2) is 0 Å². The van der Waals surface area contributed by atoms with Gasteiger partial charge in [-0.3, -0.25) is 19.4 Å². The van der Waals surface area contributed by atoms with E-state index in [0.29, 0.717) is 6.54 Å². The molecule has 31 heavy (non-hydrogen) atoms. The molecule has 1 aliphatic heterocycles. The van der Waals surface area contributed by atoms with E-state index >= 15 is 0 Å². The molecule has 2 aromatic carbocycles. The lowest BCUT2D eigenvalue weighted by molar-refractivity contribution is -0.123. The van der Waals surface area contributed by atoms with Crippen LogP contribution in [0.5, 0.6) is 0 Å². The lowest BCUT2D eigenvalue weighted by atomic mass is 10.1. The van der Waals surface area contributed by atoms with Gasteiger partial charge >= 0.3 is 0 Å². The molecular weight excluding hydrogens is 392 g/mol. The Morgan fingerprint density at radius 3 is 2.23 bits per heavy atom. The number of carbonyl (C=O) groups excluding carboxylic acids is 2. The van der Waals surface area contributed by atoms with Crippen molar-refractivity contribution < 1.29 is 14.3 Å². The first-order chi connectivity index (χ1) is 15.0. The molecule has 1 heterocycles. The molecule has 0 aromatic heterocycles. The van der Waals surface area contributed by atoms with Gasteiger partial charge in [-0.2, -0.15) is 0 Å². The zero-order valence-electron chi connectivity index (χ0n) is 18.4. The molecule has 0 radical (unpaired) electrons. The first-order valence-electron chi connectivity index (χ1n) is 10.7. The number of morpholine rings is 1. The fourth-order valence-electron chi connectivity index (χ4n) is 3.42. The largest absolute Gasteiger partial charge is 0.379 e. The second-order valence-electron chi connectivity index (χ2n) is 8.07. The van der Waals surface area contributed by atoms with E-state index in [1.807, 2.05) is 31.2 Å². The van der Waals surface area contributed by atoms with Crippen LogP contribution in [-0.4, -0.2) is 68.1 Å². The van der Waals surface area contributed by atoms with Gasteiger partial charge in [-0.1, -0.05) is 42.0 Å². The van der Waals surface area contributed by atoms with E-state index in [1.165, 1.54) is 5.56 Å². The van der Waals surface area contributed by atoms with Crippen LogP contribution in [0.15, 0.2) is 48.5 Å². The maximum Gasteiger partial charge on any atom is 0.238 e. The smallest absolute Gasteiger partial charge is 0.238 e. The molecule has 2 N–H and O–H groups in total. The van der Waals surface area contributed by atoms with Crippen molar-refractivity contribution in [1.82, 2.24) is 15.1 Å². The zero-order chi connectivity index (χ0) is 22.1. The summed E-state index contributed by atoms with van der Waals surface area (Å²) in [5, 5.41) is 5.76. The molecule has 1 aliphatic rings. The maximum absolute atomic E-state index is 12.2. The van der Waals surface area contributed by atoms with Crippen LogP contribution < -0.4 is 10.6 Å². The average molecular weight is 425 g/mol. The second kappa shape index (κ2) is 11.6. The Labute approximate surface area is 184 Å². The minimum atomic E-state index is -0.144. The predicted octanol–water partition coefficient (Wildman–Crippen LogP) is 2.01. The third-order valence-electron chi connectivity index (χ3n) is 5.18. The topological polar surface area (TPSA) is 73.9 Å². The van der Waals surface area contributed by atoms with E-state index in [1.54, 1.807) is 11.9 Å². The highest BCUT2D eigenvalue weighted by Crippen LogP contribution is 2.10. The van der Waals surface area contributed by atoms with Crippen LogP contribution in [-0.2, 0) is 27.4 Å². The van der Waals surface area contributed by atoms with Gasteiger partial charge in [0.1, 0.15) is 0 Å². The molecule has 0 saturated carbocycles. The lowest BCUT2D eigenvalue weighted by Gasteiger charge is -2.26. The van der Waals surface area contributed by atoms with Crippen LogP contribution >= 0.6 is 0 Å². The number of hydrogen-bond donors (Lipinski definition) is 2. The van der Waals surface area contributed by atoms with Gasteiger partial charge in [-0.05, 0) is 37.2 Å². The van der Waals surface area contributed by atoms with Crippen LogP contribution in [0.3, 0.4) is 0 Å². The molecule has 2 aromatic rings. The van der Waals surface area contributed by atoms with Gasteiger partial charge in [-0.15, -0.1) is 0 Å². The molecule has 0 unspecified atom stereocenters. The molecule has 1 fully saturated rings. The fourth-order valence-corrected chi connectivity index (χ4v) is 3.42. The van der Waals surface area contributed by atoms with Gasteiger partial charge in [0.05, 0.1) is 26.3 Å². The summed E-state index contributed by atoms with van der Waals surface area (Å²) in [5.74, 6) is -0.252. The second-order valence-corrected chi connectivity index (χ2v) is 8.07. The summed E-state index contributed by atoms with van der Waals surface area (Å²) in [4.78, 5) is 28.5. The number of aryl methyl sites for hydroxylation is 1. The number of hydrogen-bond acceptors (Lipinski definition) is 5. The van der Waals surface area contributed by atoms with E-state index in [-0.39, 0.29) is 24.9 Å². The van der Waals surface area contributed by atoms with Crippen molar-refractivity contribution in [2.75, 3.05) is 51.8 Å². The Bertz CT molecular complexity index is 846. The van der Waals surface area contributed by atoms with E-state index < -0.39 is 0 Å². The van der Waals surface area contributed by atoms with Gasteiger partial charge < -0.3 is 15.4 Å². The summed E-state index contributed by atoms with van der Waals surface area (Å²) in [6.45, 7) is 7.23. The number of rotatable bonds is 9. The average Bonchev–Trinajstić information content (AvgIpc) is 2.75. The van der Waals surface area contributed by atoms with E-state index in [4.69, 9.17) is 4.74 Å². The molecule has 0 bridgehead atoms. The Morgan fingerprint density at radius 1 is 0.935 bits per heavy atom. The zero-order valence-corrected chi connectivity index (χ0v) is 18.4. The number of likely N-dealkylation sites (N-methyl/N-ethyl adjacent to an activating group) is 1. The summed E-state index contributed by atoms with van der Waals surface area (Å²) in [5.41, 5.74) is 4.21. The minimum absolute atomic E-state index is 0.108. The first-order valence-corrected chi connectivity index (χ1v) is 10.7. The number of nitrogens with zero attached hydrogens (tertiary/aromatic N) is 2. The van der Waals surface area contributed by atoms with Crippen molar-refractivity contribution in [1.29, 1.82) is 0 Å². The summed E-state index contributed by atoms with van der Waals surface area (Å²) in [7, 11) is 1.76. The van der Waals surface area contributed by atoms with Crippen molar-refractivity contribution in [2.45, 2.75) is 20.0 Å². The van der Waals surface area contributed by atoms with Crippen LogP contribution in [0.25, 0.3) is 0 Å². The van der Waals surface area contributed by atoms with Crippen molar-refractivity contribution in [3.05, 3.63) is 65.2 Å². The Balaban J connectivity index is 1.35. The molecule has 7 nitrogen and oxygen atoms in total. The highest BCUT2D eigenvalue weighted by molar-refractivity contribution is 5.92. The maximum atomic E-state index is 12.2. The fraction of sp³-hybridized carbons (Fsp3) is 0.417. The molecule has 0 aliphatic carbocycles. The van der Waals surface area contributed by atoms with Gasteiger partial charge in [0.25, 0.3) is 0 Å². The molecule has 0 atom stereocenters. The Hall–Kier alpha value is -2.74. The van der Waals surface area contributed by atoms with Crippen LogP contribution in [0.2, 0.25) is 0 Å². The minimum Gasteiger partial charge on any atom is -0.379 e. The van der Waals surface area contributed by atoms with Crippen LogP contribution in [0, 0.1) is 6.92 Å². The summed E-state index contributed by atoms with van der Waals surface area (Å²) >= 11 is 0. The molecule has 3 rings (SSSR count). The van der Waals surface area contributed by atoms with Crippen molar-refractivity contribution >= 4 is 17.5 Å². The Kier molecular flexibility index (Phi) is 8.58. The number of amides is 2. The van der Waals surface area contributed by atoms with Crippen LogP contribution in [0.1, 0.15) is 16.7 Å². The van der Waals surface area contributed by atoms with Crippen molar-refractivity contribution in [2.24, 2.45) is 0 Å². The highest BCUT2D eigenvalue weighted by atomic mass is 16.5. The van der Waals surface area contributed by atoms with E-state index in [9.17, 15) is 9.59 Å². The normalized spacial score (nSPS) is 14.4.